The fourth-order valence-corrected chi connectivity index (χ4v) is 2.90. The van der Waals surface area contributed by atoms with E-state index in [-0.39, 0.29) is 12.4 Å². The van der Waals surface area contributed by atoms with Gasteiger partial charge in [-0.1, -0.05) is 6.07 Å². The van der Waals surface area contributed by atoms with E-state index < -0.39 is 0 Å². The first-order valence-corrected chi connectivity index (χ1v) is 6.61. The number of nitrogens with zero attached hydrogens (tertiary/aromatic N) is 2. The molecule has 0 radical (unpaired) electrons. The molecule has 1 N–H and O–H groups in total. The Labute approximate surface area is 116 Å². The van der Waals surface area contributed by atoms with Crippen LogP contribution in [0.4, 0.5) is 4.39 Å². The Balaban J connectivity index is 2.22. The van der Waals surface area contributed by atoms with E-state index in [4.69, 9.17) is 0 Å². The second-order valence-corrected chi connectivity index (χ2v) is 4.91. The Kier molecular flexibility index (Phi) is 3.32. The number of hydrogen-bond acceptors (Lipinski definition) is 3. The number of rotatable bonds is 2. The maximum Gasteiger partial charge on any atom is 0.123 e. The normalized spacial score (nSPS) is 20.8. The van der Waals surface area contributed by atoms with E-state index in [9.17, 15) is 9.50 Å². The molecule has 0 unspecified atom stereocenters. The van der Waals surface area contributed by atoms with Crippen molar-refractivity contribution in [1.82, 2.24) is 0 Å². The number of fused-ring (bicyclic) bond motifs is 1. The molecule has 102 valence electrons. The van der Waals surface area contributed by atoms with Gasteiger partial charge in [-0.25, -0.2) is 4.39 Å². The Hall–Kier alpha value is -2.07. The van der Waals surface area contributed by atoms with Crippen LogP contribution in [-0.2, 0) is 0 Å². The number of aliphatic hydroxyl groups is 1. The predicted molar refractivity (Wildman–Crippen MR) is 79.2 cm³/mol. The van der Waals surface area contributed by atoms with E-state index in [2.05, 4.69) is 10.2 Å². The van der Waals surface area contributed by atoms with Crippen molar-refractivity contribution in [2.24, 2.45) is 10.2 Å². The Morgan fingerprint density at radius 3 is 2.80 bits per heavy atom. The third-order valence-electron chi connectivity index (χ3n) is 3.76. The second-order valence-electron chi connectivity index (χ2n) is 4.91. The lowest BCUT2D eigenvalue weighted by molar-refractivity contribution is 0.305. The van der Waals surface area contributed by atoms with Gasteiger partial charge in [-0.2, -0.15) is 10.2 Å². The first kappa shape index (κ1) is 12.9. The van der Waals surface area contributed by atoms with Crippen LogP contribution in [0.15, 0.2) is 39.5 Å². The van der Waals surface area contributed by atoms with Crippen molar-refractivity contribution in [2.45, 2.75) is 19.8 Å². The number of benzene rings is 1. The van der Waals surface area contributed by atoms with Crippen LogP contribution in [0.5, 0.6) is 0 Å². The zero-order chi connectivity index (χ0) is 14.1. The molecule has 0 bridgehead atoms. The van der Waals surface area contributed by atoms with Gasteiger partial charge in [-0.05, 0) is 58.9 Å². The second kappa shape index (κ2) is 5.13. The minimum absolute atomic E-state index is 0.0563. The van der Waals surface area contributed by atoms with Crippen molar-refractivity contribution < 1.29 is 9.50 Å². The molecule has 0 aromatic heterocycles. The van der Waals surface area contributed by atoms with Gasteiger partial charge in [0, 0.05) is 19.2 Å². The van der Waals surface area contributed by atoms with Gasteiger partial charge < -0.3 is 5.11 Å². The lowest BCUT2D eigenvalue weighted by Gasteiger charge is -2.09. The highest BCUT2D eigenvalue weighted by Gasteiger charge is 2.26. The molecule has 0 fully saturated rings. The molecule has 1 aromatic carbocycles. The van der Waals surface area contributed by atoms with E-state index >= 15 is 0 Å². The molecule has 0 atom stereocenters. The molecule has 0 spiro atoms. The zero-order valence-electron chi connectivity index (χ0n) is 11.2. The van der Waals surface area contributed by atoms with Crippen LogP contribution < -0.4 is 0 Å². The summed E-state index contributed by atoms with van der Waals surface area (Å²) in [6.45, 7) is 2.08. The maximum absolute atomic E-state index is 13.5. The predicted octanol–water partition coefficient (Wildman–Crippen LogP) is 3.21. The van der Waals surface area contributed by atoms with Gasteiger partial charge in [0.2, 0.25) is 0 Å². The molecule has 1 heterocycles. The van der Waals surface area contributed by atoms with Crippen LogP contribution in [0.1, 0.15) is 30.9 Å². The van der Waals surface area contributed by atoms with Gasteiger partial charge in [0.25, 0.3) is 0 Å². The number of allylic oxidation sites excluding steroid dienone is 3. The van der Waals surface area contributed by atoms with Gasteiger partial charge >= 0.3 is 0 Å². The summed E-state index contributed by atoms with van der Waals surface area (Å²) >= 11 is 0. The summed E-state index contributed by atoms with van der Waals surface area (Å²) in [6.07, 6.45) is 4.78. The smallest absolute Gasteiger partial charge is 0.123 e. The maximum atomic E-state index is 13.5. The molecule has 0 amide bonds. The van der Waals surface area contributed by atoms with Crippen LogP contribution in [-0.4, -0.2) is 24.1 Å². The molecule has 20 heavy (non-hydrogen) atoms. The van der Waals surface area contributed by atoms with Crippen LogP contribution in [0.3, 0.4) is 0 Å². The van der Waals surface area contributed by atoms with Crippen molar-refractivity contribution in [3.8, 4) is 0 Å². The molecule has 1 aliphatic heterocycles. The SMILES string of the molecule is CC1=C(CCO)c2cc(F)ccc2C1=C1C=NN=CC1. The Morgan fingerprint density at radius 2 is 2.10 bits per heavy atom. The van der Waals surface area contributed by atoms with E-state index in [1.165, 1.54) is 6.07 Å². The number of aliphatic hydroxyl groups excluding tert-OH is 1. The molecular weight excluding hydrogens is 255 g/mol. The van der Waals surface area contributed by atoms with Crippen molar-refractivity contribution in [1.29, 1.82) is 0 Å². The summed E-state index contributed by atoms with van der Waals surface area (Å²) in [7, 11) is 0. The summed E-state index contributed by atoms with van der Waals surface area (Å²) in [6, 6.07) is 4.83. The van der Waals surface area contributed by atoms with Crippen molar-refractivity contribution >= 4 is 23.6 Å². The van der Waals surface area contributed by atoms with Crippen molar-refractivity contribution in [3.63, 3.8) is 0 Å². The molecule has 4 heteroatoms. The number of hydrogen-bond donors (Lipinski definition) is 1. The highest BCUT2D eigenvalue weighted by Crippen LogP contribution is 2.44. The molecule has 0 saturated heterocycles. The highest BCUT2D eigenvalue weighted by atomic mass is 19.1. The lowest BCUT2D eigenvalue weighted by atomic mass is 9.96. The molecule has 3 nitrogen and oxygen atoms in total. The zero-order valence-corrected chi connectivity index (χ0v) is 11.2. The molecule has 0 saturated carbocycles. The van der Waals surface area contributed by atoms with Gasteiger partial charge in [0.1, 0.15) is 5.82 Å². The van der Waals surface area contributed by atoms with Gasteiger partial charge in [-0.15, -0.1) is 0 Å². The Morgan fingerprint density at radius 1 is 1.25 bits per heavy atom. The van der Waals surface area contributed by atoms with E-state index in [1.54, 1.807) is 24.6 Å². The molecule has 1 aliphatic carbocycles. The average molecular weight is 270 g/mol. The summed E-state index contributed by atoms with van der Waals surface area (Å²) < 4.78 is 13.5. The van der Waals surface area contributed by atoms with E-state index in [1.807, 2.05) is 6.92 Å². The summed E-state index contributed by atoms with van der Waals surface area (Å²) in [4.78, 5) is 0. The first-order valence-electron chi connectivity index (χ1n) is 6.61. The fourth-order valence-electron chi connectivity index (χ4n) is 2.90. The van der Waals surface area contributed by atoms with Crippen molar-refractivity contribution in [3.05, 3.63) is 46.3 Å². The summed E-state index contributed by atoms with van der Waals surface area (Å²) in [5.74, 6) is -0.253. The topological polar surface area (TPSA) is 45.0 Å². The minimum Gasteiger partial charge on any atom is -0.396 e. The molecule has 3 rings (SSSR count). The first-order chi connectivity index (χ1) is 9.72. The summed E-state index contributed by atoms with van der Waals surface area (Å²) in [5, 5.41) is 17.0. The average Bonchev–Trinajstić information content (AvgIpc) is 2.73. The number of halogens is 1. The van der Waals surface area contributed by atoms with Gasteiger partial charge in [0.15, 0.2) is 0 Å². The van der Waals surface area contributed by atoms with Crippen LogP contribution in [0.2, 0.25) is 0 Å². The third-order valence-corrected chi connectivity index (χ3v) is 3.76. The van der Waals surface area contributed by atoms with Crippen LogP contribution >= 0.6 is 0 Å². The monoisotopic (exact) mass is 270 g/mol. The highest BCUT2D eigenvalue weighted by molar-refractivity contribution is 6.08. The lowest BCUT2D eigenvalue weighted by Crippen LogP contribution is -1.97. The molecular formula is C16H15FN2O. The quantitative estimate of drug-likeness (QED) is 0.881. The van der Waals surface area contributed by atoms with Crippen LogP contribution in [0, 0.1) is 5.82 Å². The van der Waals surface area contributed by atoms with Gasteiger partial charge in [0.05, 0.1) is 6.21 Å². The van der Waals surface area contributed by atoms with E-state index in [0.717, 1.165) is 39.8 Å². The largest absolute Gasteiger partial charge is 0.396 e. The van der Waals surface area contributed by atoms with Crippen molar-refractivity contribution in [2.75, 3.05) is 6.61 Å². The minimum atomic E-state index is -0.253. The van der Waals surface area contributed by atoms with Gasteiger partial charge in [-0.3, -0.25) is 0 Å². The third kappa shape index (κ3) is 2.02. The standard InChI is InChI=1S/C16H15FN2O/c1-10-13(5-7-20)15-8-12(17)2-3-14(15)16(10)11-4-6-18-19-9-11/h2-3,6,8-9,20H,4-5,7H2,1H3. The molecule has 2 aliphatic rings. The van der Waals surface area contributed by atoms with Crippen LogP contribution in [0.25, 0.3) is 11.1 Å². The summed E-state index contributed by atoms with van der Waals surface area (Å²) in [5.41, 5.74) is 6.19. The fraction of sp³-hybridized carbons (Fsp3) is 0.250. The molecule has 1 aromatic rings. The van der Waals surface area contributed by atoms with E-state index in [0.29, 0.717) is 6.42 Å². The Bertz CT molecular complexity index is 684.